The van der Waals surface area contributed by atoms with Crippen LogP contribution in [-0.4, -0.2) is 32.0 Å². The van der Waals surface area contributed by atoms with E-state index in [0.717, 1.165) is 0 Å². The second-order valence-corrected chi connectivity index (χ2v) is 7.77. The summed E-state index contributed by atoms with van der Waals surface area (Å²) in [4.78, 5) is 10.9. The van der Waals surface area contributed by atoms with Gasteiger partial charge in [-0.3, -0.25) is 4.79 Å². The highest BCUT2D eigenvalue weighted by Crippen LogP contribution is 2.55. The van der Waals surface area contributed by atoms with Crippen LogP contribution in [0.5, 0.6) is 0 Å². The predicted octanol–water partition coefficient (Wildman–Crippen LogP) is 1.95. The number of carbonyl (C=O) groups is 1. The topological polar surface area (TPSA) is 83.5 Å². The van der Waals surface area contributed by atoms with Crippen molar-refractivity contribution in [3.63, 3.8) is 0 Å². The molecule has 1 aromatic rings. The van der Waals surface area contributed by atoms with Crippen LogP contribution in [0, 0.1) is 5.41 Å². The van der Waals surface area contributed by atoms with Gasteiger partial charge in [-0.25, -0.2) is 21.9 Å². The molecule has 2 aliphatic rings. The molecule has 3 rings (SSSR count). The molecule has 22 heavy (non-hydrogen) atoms. The minimum Gasteiger partial charge on any atom is -0.481 e. The normalized spacial score (nSPS) is 24.7. The minimum atomic E-state index is -3.91. The Balaban J connectivity index is 1.75. The summed E-state index contributed by atoms with van der Waals surface area (Å²) >= 11 is 0. The smallest absolute Gasteiger partial charge is 0.310 e. The molecule has 0 spiro atoms. The van der Waals surface area contributed by atoms with Crippen molar-refractivity contribution in [3.05, 3.63) is 29.8 Å². The first-order valence-electron chi connectivity index (χ1n) is 6.87. The van der Waals surface area contributed by atoms with Gasteiger partial charge in [0.25, 0.3) is 5.92 Å². The standard InChI is InChI=1S/C14H15F2NO4S/c15-14(16)7-11(14)9-2-1-3-10(6-9)22(20,21)17-8-13(4-5-13)12(18)19/h1-3,6,11,17H,4-5,7-8H2,(H,18,19). The van der Waals surface area contributed by atoms with Crippen molar-refractivity contribution in [2.75, 3.05) is 6.54 Å². The molecular weight excluding hydrogens is 316 g/mol. The molecule has 1 aromatic carbocycles. The second-order valence-electron chi connectivity index (χ2n) is 6.00. The van der Waals surface area contributed by atoms with E-state index in [-0.39, 0.29) is 23.4 Å². The van der Waals surface area contributed by atoms with E-state index in [4.69, 9.17) is 5.11 Å². The Hall–Kier alpha value is -1.54. The number of carboxylic acids is 1. The van der Waals surface area contributed by atoms with Gasteiger partial charge in [-0.15, -0.1) is 0 Å². The summed E-state index contributed by atoms with van der Waals surface area (Å²) in [6.07, 6.45) is 0.588. The van der Waals surface area contributed by atoms with Gasteiger partial charge in [0.2, 0.25) is 10.0 Å². The van der Waals surface area contributed by atoms with Gasteiger partial charge in [0.1, 0.15) is 0 Å². The summed E-state index contributed by atoms with van der Waals surface area (Å²) in [7, 11) is -3.91. The van der Waals surface area contributed by atoms with Gasteiger partial charge in [-0.1, -0.05) is 12.1 Å². The second kappa shape index (κ2) is 4.73. The fourth-order valence-corrected chi connectivity index (χ4v) is 3.59. The maximum Gasteiger partial charge on any atom is 0.310 e. The summed E-state index contributed by atoms with van der Waals surface area (Å²) in [6, 6.07) is 5.44. The third-order valence-corrected chi connectivity index (χ3v) is 5.70. The molecule has 2 saturated carbocycles. The van der Waals surface area contributed by atoms with E-state index in [1.807, 2.05) is 0 Å². The molecule has 5 nitrogen and oxygen atoms in total. The number of alkyl halides is 2. The van der Waals surface area contributed by atoms with Crippen LogP contribution in [-0.2, 0) is 14.8 Å². The van der Waals surface area contributed by atoms with E-state index in [0.29, 0.717) is 12.8 Å². The van der Waals surface area contributed by atoms with Gasteiger partial charge < -0.3 is 5.11 Å². The number of carboxylic acid groups (broad SMARTS) is 1. The van der Waals surface area contributed by atoms with E-state index in [9.17, 15) is 22.0 Å². The number of benzene rings is 1. The molecule has 0 radical (unpaired) electrons. The summed E-state index contributed by atoms with van der Waals surface area (Å²) in [5.74, 6) is -4.73. The first-order chi connectivity index (χ1) is 10.2. The lowest BCUT2D eigenvalue weighted by Gasteiger charge is -2.12. The number of nitrogens with one attached hydrogen (secondary N) is 1. The highest BCUT2D eigenvalue weighted by atomic mass is 32.2. The van der Waals surface area contributed by atoms with E-state index in [2.05, 4.69) is 4.72 Å². The maximum absolute atomic E-state index is 13.1. The van der Waals surface area contributed by atoms with Crippen molar-refractivity contribution in [2.24, 2.45) is 5.41 Å². The van der Waals surface area contributed by atoms with Gasteiger partial charge in [0.15, 0.2) is 0 Å². The monoisotopic (exact) mass is 331 g/mol. The first kappa shape index (κ1) is 15.4. The van der Waals surface area contributed by atoms with Crippen LogP contribution >= 0.6 is 0 Å². The van der Waals surface area contributed by atoms with Crippen molar-refractivity contribution in [1.82, 2.24) is 4.72 Å². The zero-order chi connectivity index (χ0) is 16.2. The summed E-state index contributed by atoms with van der Waals surface area (Å²) in [5.41, 5.74) is -0.735. The van der Waals surface area contributed by atoms with Crippen molar-refractivity contribution in [1.29, 1.82) is 0 Å². The Morgan fingerprint density at radius 2 is 2.00 bits per heavy atom. The number of halogens is 2. The molecule has 0 saturated heterocycles. The molecule has 2 fully saturated rings. The third-order valence-electron chi connectivity index (χ3n) is 4.30. The number of sulfonamides is 1. The van der Waals surface area contributed by atoms with Crippen LogP contribution in [0.4, 0.5) is 8.78 Å². The number of hydrogen-bond acceptors (Lipinski definition) is 3. The molecular formula is C14H15F2NO4S. The maximum atomic E-state index is 13.1. The number of hydrogen-bond donors (Lipinski definition) is 2. The molecule has 0 aliphatic heterocycles. The largest absolute Gasteiger partial charge is 0.481 e. The number of rotatable bonds is 6. The lowest BCUT2D eigenvalue weighted by Crippen LogP contribution is -2.34. The Morgan fingerprint density at radius 3 is 2.50 bits per heavy atom. The van der Waals surface area contributed by atoms with E-state index < -0.39 is 33.2 Å². The van der Waals surface area contributed by atoms with Crippen LogP contribution in [0.2, 0.25) is 0 Å². The molecule has 2 N–H and O–H groups in total. The molecule has 1 atom stereocenters. The summed E-state index contributed by atoms with van der Waals surface area (Å²) in [6.45, 7) is -0.186. The van der Waals surface area contributed by atoms with Crippen molar-refractivity contribution < 1.29 is 27.1 Å². The first-order valence-corrected chi connectivity index (χ1v) is 8.36. The zero-order valence-corrected chi connectivity index (χ0v) is 12.4. The Morgan fingerprint density at radius 1 is 1.36 bits per heavy atom. The van der Waals surface area contributed by atoms with Crippen LogP contribution in [0.1, 0.15) is 30.7 Å². The highest BCUT2D eigenvalue weighted by molar-refractivity contribution is 7.89. The molecule has 0 amide bonds. The summed E-state index contributed by atoms with van der Waals surface area (Å²) in [5, 5.41) is 9.04. The Kier molecular flexibility index (Phi) is 3.30. The van der Waals surface area contributed by atoms with Crippen molar-refractivity contribution in [3.8, 4) is 0 Å². The molecule has 120 valence electrons. The van der Waals surface area contributed by atoms with E-state index >= 15 is 0 Å². The van der Waals surface area contributed by atoms with E-state index in [1.54, 1.807) is 0 Å². The Labute approximate surface area is 126 Å². The average Bonchev–Trinajstić information content (AvgIpc) is 3.34. The predicted molar refractivity (Wildman–Crippen MR) is 73.2 cm³/mol. The molecule has 1 unspecified atom stereocenters. The molecule has 2 aliphatic carbocycles. The average molecular weight is 331 g/mol. The fourth-order valence-electron chi connectivity index (χ4n) is 2.41. The van der Waals surface area contributed by atoms with Crippen molar-refractivity contribution >= 4 is 16.0 Å². The summed E-state index contributed by atoms with van der Waals surface area (Å²) < 4.78 is 52.8. The van der Waals surface area contributed by atoms with Gasteiger partial charge in [0.05, 0.1) is 16.2 Å². The van der Waals surface area contributed by atoms with Gasteiger partial charge in [0, 0.05) is 13.0 Å². The number of aliphatic carboxylic acids is 1. The molecule has 0 heterocycles. The van der Waals surface area contributed by atoms with Crippen LogP contribution < -0.4 is 4.72 Å². The van der Waals surface area contributed by atoms with Gasteiger partial charge >= 0.3 is 5.97 Å². The van der Waals surface area contributed by atoms with Crippen LogP contribution in [0.25, 0.3) is 0 Å². The molecule has 8 heteroatoms. The zero-order valence-electron chi connectivity index (χ0n) is 11.6. The Bertz CT molecular complexity index is 728. The SMILES string of the molecule is O=C(O)C1(CNS(=O)(=O)c2cccc(C3CC3(F)F)c2)CC1. The fraction of sp³-hybridized carbons (Fsp3) is 0.500. The van der Waals surface area contributed by atoms with Crippen LogP contribution in [0.3, 0.4) is 0 Å². The molecule has 0 aromatic heterocycles. The lowest BCUT2D eigenvalue weighted by molar-refractivity contribution is -0.143. The lowest BCUT2D eigenvalue weighted by atomic mass is 10.1. The van der Waals surface area contributed by atoms with Gasteiger partial charge in [-0.2, -0.15) is 0 Å². The van der Waals surface area contributed by atoms with Crippen LogP contribution in [0.15, 0.2) is 29.2 Å². The highest BCUT2D eigenvalue weighted by Gasteiger charge is 2.57. The molecule has 0 bridgehead atoms. The minimum absolute atomic E-state index is 0.117. The van der Waals surface area contributed by atoms with Crippen molar-refractivity contribution in [2.45, 2.75) is 36.0 Å². The third kappa shape index (κ3) is 2.72. The van der Waals surface area contributed by atoms with Gasteiger partial charge in [-0.05, 0) is 30.5 Å². The van der Waals surface area contributed by atoms with E-state index in [1.165, 1.54) is 24.3 Å². The quantitative estimate of drug-likeness (QED) is 0.834.